The summed E-state index contributed by atoms with van der Waals surface area (Å²) in [5.41, 5.74) is 1.75. The van der Waals surface area contributed by atoms with Gasteiger partial charge in [-0.3, -0.25) is 9.59 Å². The second-order valence-corrected chi connectivity index (χ2v) is 8.02. The highest BCUT2D eigenvalue weighted by molar-refractivity contribution is 6.30. The molecule has 0 spiro atoms. The summed E-state index contributed by atoms with van der Waals surface area (Å²) in [7, 11) is 0. The van der Waals surface area contributed by atoms with Crippen LogP contribution in [0.2, 0.25) is 5.02 Å². The summed E-state index contributed by atoms with van der Waals surface area (Å²) in [4.78, 5) is 35.9. The third-order valence-corrected chi connectivity index (χ3v) is 5.92. The molecule has 146 valence electrons. The molecule has 0 bridgehead atoms. The van der Waals surface area contributed by atoms with Crippen LogP contribution in [0.1, 0.15) is 53.5 Å². The first-order valence-corrected chi connectivity index (χ1v) is 10.1. The summed E-state index contributed by atoms with van der Waals surface area (Å²) in [5.74, 6) is 1.10. The van der Waals surface area contributed by atoms with Crippen LogP contribution >= 0.6 is 11.6 Å². The van der Waals surface area contributed by atoms with E-state index in [1.807, 2.05) is 11.8 Å². The summed E-state index contributed by atoms with van der Waals surface area (Å²) in [5, 5.41) is 3.45. The Balaban J connectivity index is 1.42. The predicted molar refractivity (Wildman–Crippen MR) is 107 cm³/mol. The molecule has 6 nitrogen and oxygen atoms in total. The molecule has 1 aromatic carbocycles. The van der Waals surface area contributed by atoms with Gasteiger partial charge in [0.2, 0.25) is 5.91 Å². The number of hydrogen-bond acceptors (Lipinski definition) is 4. The van der Waals surface area contributed by atoms with Gasteiger partial charge in [0.25, 0.3) is 5.91 Å². The van der Waals surface area contributed by atoms with Gasteiger partial charge in [-0.2, -0.15) is 0 Å². The van der Waals surface area contributed by atoms with Crippen LogP contribution in [0.5, 0.6) is 0 Å². The lowest BCUT2D eigenvalue weighted by Crippen LogP contribution is -2.37. The van der Waals surface area contributed by atoms with E-state index in [0.717, 1.165) is 32.2 Å². The van der Waals surface area contributed by atoms with Gasteiger partial charge in [-0.25, -0.2) is 9.97 Å². The number of aryl methyl sites for hydroxylation is 1. The Bertz CT molecular complexity index is 896. The van der Waals surface area contributed by atoms with E-state index >= 15 is 0 Å². The van der Waals surface area contributed by atoms with E-state index in [-0.39, 0.29) is 23.7 Å². The zero-order valence-electron chi connectivity index (χ0n) is 15.8. The lowest BCUT2D eigenvalue weighted by atomic mass is 9.84. The van der Waals surface area contributed by atoms with Gasteiger partial charge in [-0.1, -0.05) is 18.0 Å². The van der Waals surface area contributed by atoms with Crippen LogP contribution in [0.25, 0.3) is 0 Å². The van der Waals surface area contributed by atoms with Crippen molar-refractivity contribution >= 4 is 29.1 Å². The van der Waals surface area contributed by atoms with Gasteiger partial charge < -0.3 is 10.2 Å². The SMILES string of the molecule is Cc1nc([C@H]2CCN(C(=O)C3CCC3)C2)ncc1C(=O)Nc1ccc(Cl)cc1. The lowest BCUT2D eigenvalue weighted by molar-refractivity contribution is -0.137. The number of anilines is 1. The predicted octanol–water partition coefficient (Wildman–Crippen LogP) is 3.81. The third-order valence-electron chi connectivity index (χ3n) is 5.66. The van der Waals surface area contributed by atoms with Gasteiger partial charge in [-0.05, 0) is 50.5 Å². The van der Waals surface area contributed by atoms with Gasteiger partial charge >= 0.3 is 0 Å². The quantitative estimate of drug-likeness (QED) is 0.849. The molecule has 1 aliphatic carbocycles. The molecular weight excluding hydrogens is 376 g/mol. The smallest absolute Gasteiger partial charge is 0.259 e. The maximum Gasteiger partial charge on any atom is 0.259 e. The number of carbonyl (C=O) groups excluding carboxylic acids is 2. The molecule has 2 fully saturated rings. The molecule has 1 saturated carbocycles. The van der Waals surface area contributed by atoms with Crippen molar-refractivity contribution in [1.82, 2.24) is 14.9 Å². The number of nitrogens with one attached hydrogen (secondary N) is 1. The number of amides is 2. The average Bonchev–Trinajstić information content (AvgIpc) is 3.12. The van der Waals surface area contributed by atoms with Crippen LogP contribution < -0.4 is 5.32 Å². The number of nitrogens with zero attached hydrogens (tertiary/aromatic N) is 3. The van der Waals surface area contributed by atoms with Gasteiger partial charge in [0.05, 0.1) is 11.3 Å². The van der Waals surface area contributed by atoms with E-state index in [0.29, 0.717) is 34.3 Å². The number of rotatable bonds is 4. The van der Waals surface area contributed by atoms with Gasteiger partial charge in [0.1, 0.15) is 5.82 Å². The highest BCUT2D eigenvalue weighted by Crippen LogP contribution is 2.32. The molecule has 7 heteroatoms. The maximum absolute atomic E-state index is 12.5. The van der Waals surface area contributed by atoms with Crippen LogP contribution in [0, 0.1) is 12.8 Å². The molecule has 28 heavy (non-hydrogen) atoms. The average molecular weight is 399 g/mol. The molecule has 0 unspecified atom stereocenters. The highest BCUT2D eigenvalue weighted by Gasteiger charge is 2.35. The van der Waals surface area contributed by atoms with E-state index in [9.17, 15) is 9.59 Å². The Labute approximate surface area is 169 Å². The van der Waals surface area contributed by atoms with Crippen molar-refractivity contribution < 1.29 is 9.59 Å². The lowest BCUT2D eigenvalue weighted by Gasteiger charge is -2.29. The molecule has 2 aromatic rings. The van der Waals surface area contributed by atoms with Crippen molar-refractivity contribution in [2.24, 2.45) is 5.92 Å². The number of likely N-dealkylation sites (tertiary alicyclic amines) is 1. The van der Waals surface area contributed by atoms with Crippen molar-refractivity contribution in [2.45, 2.75) is 38.5 Å². The summed E-state index contributed by atoms with van der Waals surface area (Å²) < 4.78 is 0. The van der Waals surface area contributed by atoms with Crippen LogP contribution in [0.15, 0.2) is 30.5 Å². The van der Waals surface area contributed by atoms with Crippen molar-refractivity contribution in [3.63, 3.8) is 0 Å². The summed E-state index contributed by atoms with van der Waals surface area (Å²) in [6.45, 7) is 3.25. The van der Waals surface area contributed by atoms with E-state index < -0.39 is 0 Å². The first-order chi connectivity index (χ1) is 13.5. The highest BCUT2D eigenvalue weighted by atomic mass is 35.5. The fourth-order valence-corrected chi connectivity index (χ4v) is 3.85. The molecule has 2 amide bonds. The Morgan fingerprint density at radius 2 is 1.93 bits per heavy atom. The van der Waals surface area contributed by atoms with E-state index in [1.165, 1.54) is 0 Å². The zero-order valence-corrected chi connectivity index (χ0v) is 16.6. The Kier molecular flexibility index (Phi) is 5.31. The minimum absolute atomic E-state index is 0.135. The molecule has 2 heterocycles. The molecule has 0 radical (unpaired) electrons. The summed E-state index contributed by atoms with van der Waals surface area (Å²) in [6.07, 6.45) is 5.66. The van der Waals surface area contributed by atoms with Crippen LogP contribution in [0.3, 0.4) is 0 Å². The van der Waals surface area contributed by atoms with Gasteiger partial charge in [0.15, 0.2) is 0 Å². The number of hydrogen-bond donors (Lipinski definition) is 1. The molecular formula is C21H23ClN4O2. The molecule has 2 aliphatic rings. The Hall–Kier alpha value is -2.47. The molecule has 1 aromatic heterocycles. The first-order valence-electron chi connectivity index (χ1n) is 9.70. The molecule has 1 saturated heterocycles. The minimum Gasteiger partial charge on any atom is -0.342 e. The second kappa shape index (κ2) is 7.87. The molecule has 1 N–H and O–H groups in total. The minimum atomic E-state index is -0.250. The first kappa shape index (κ1) is 18.9. The normalized spacial score (nSPS) is 19.4. The molecule has 4 rings (SSSR count). The van der Waals surface area contributed by atoms with Crippen molar-refractivity contribution in [2.75, 3.05) is 18.4 Å². The summed E-state index contributed by atoms with van der Waals surface area (Å²) >= 11 is 5.87. The van der Waals surface area contributed by atoms with E-state index in [4.69, 9.17) is 11.6 Å². The van der Waals surface area contributed by atoms with Crippen molar-refractivity contribution in [3.05, 3.63) is 52.6 Å². The van der Waals surface area contributed by atoms with Crippen LogP contribution in [0.4, 0.5) is 5.69 Å². The largest absolute Gasteiger partial charge is 0.342 e. The number of benzene rings is 1. The number of aromatic nitrogens is 2. The maximum atomic E-state index is 12.5. The zero-order chi connectivity index (χ0) is 19.7. The second-order valence-electron chi connectivity index (χ2n) is 7.59. The number of carbonyl (C=O) groups is 2. The topological polar surface area (TPSA) is 75.2 Å². The van der Waals surface area contributed by atoms with Gasteiger partial charge in [0, 0.05) is 41.8 Å². The fraction of sp³-hybridized carbons (Fsp3) is 0.429. The van der Waals surface area contributed by atoms with Crippen molar-refractivity contribution in [3.8, 4) is 0 Å². The van der Waals surface area contributed by atoms with Crippen molar-refractivity contribution in [1.29, 1.82) is 0 Å². The molecule has 1 aliphatic heterocycles. The van der Waals surface area contributed by atoms with E-state index in [1.54, 1.807) is 30.5 Å². The standard InChI is InChI=1S/C21H23ClN4O2/c1-13-18(20(27)25-17-7-5-16(22)6-8-17)11-23-19(24-13)15-9-10-26(12-15)21(28)14-3-2-4-14/h5-8,11,14-15H,2-4,9-10,12H2,1H3,(H,25,27)/t15-/m0/s1. The molecule has 1 atom stereocenters. The Morgan fingerprint density at radius 1 is 1.18 bits per heavy atom. The van der Waals surface area contributed by atoms with Crippen LogP contribution in [-0.2, 0) is 4.79 Å². The fourth-order valence-electron chi connectivity index (χ4n) is 3.72. The summed E-state index contributed by atoms with van der Waals surface area (Å²) in [6, 6.07) is 6.94. The number of halogens is 1. The van der Waals surface area contributed by atoms with Crippen LogP contribution in [-0.4, -0.2) is 39.8 Å². The Morgan fingerprint density at radius 3 is 2.57 bits per heavy atom. The van der Waals surface area contributed by atoms with E-state index in [2.05, 4.69) is 15.3 Å². The van der Waals surface area contributed by atoms with Gasteiger partial charge in [-0.15, -0.1) is 0 Å². The third kappa shape index (κ3) is 3.87. The monoisotopic (exact) mass is 398 g/mol.